The number of benzene rings is 2. The van der Waals surface area contributed by atoms with Crippen molar-refractivity contribution >= 4 is 17.0 Å². The third kappa shape index (κ3) is 2.39. The van der Waals surface area contributed by atoms with Gasteiger partial charge in [-0.3, -0.25) is 0 Å². The molecule has 3 nitrogen and oxygen atoms in total. The van der Waals surface area contributed by atoms with Crippen molar-refractivity contribution in [2.24, 2.45) is 0 Å². The summed E-state index contributed by atoms with van der Waals surface area (Å²) in [5, 5.41) is 3.37. The molecule has 1 aromatic heterocycles. The van der Waals surface area contributed by atoms with E-state index in [2.05, 4.69) is 48.2 Å². The van der Waals surface area contributed by atoms with Gasteiger partial charge in [0.05, 0.1) is 11.0 Å². The second-order valence-electron chi connectivity index (χ2n) is 5.32. The van der Waals surface area contributed by atoms with Gasteiger partial charge in [-0.25, -0.2) is 4.98 Å². The van der Waals surface area contributed by atoms with E-state index in [1.807, 2.05) is 24.3 Å². The average Bonchev–Trinajstić information content (AvgIpc) is 2.84. The Balaban J connectivity index is 1.81. The molecule has 0 fully saturated rings. The highest BCUT2D eigenvalue weighted by atomic mass is 15.1. The van der Waals surface area contributed by atoms with Crippen molar-refractivity contribution in [1.82, 2.24) is 9.97 Å². The van der Waals surface area contributed by atoms with Gasteiger partial charge in [0.2, 0.25) is 5.95 Å². The molecule has 102 valence electrons. The molecule has 20 heavy (non-hydrogen) atoms. The lowest BCUT2D eigenvalue weighted by atomic mass is 10.0. The number of para-hydroxylation sites is 2. The highest BCUT2D eigenvalue weighted by Crippen LogP contribution is 2.18. The maximum atomic E-state index is 4.53. The number of anilines is 1. The topological polar surface area (TPSA) is 40.7 Å². The summed E-state index contributed by atoms with van der Waals surface area (Å²) >= 11 is 0. The van der Waals surface area contributed by atoms with Crippen LogP contribution in [0.4, 0.5) is 5.95 Å². The number of aromatic nitrogens is 2. The van der Waals surface area contributed by atoms with Gasteiger partial charge in [-0.1, -0.05) is 24.3 Å². The summed E-state index contributed by atoms with van der Waals surface area (Å²) in [4.78, 5) is 7.82. The number of hydrogen-bond acceptors (Lipinski definition) is 2. The van der Waals surface area contributed by atoms with E-state index in [1.165, 1.54) is 22.3 Å². The minimum atomic E-state index is 0.784. The van der Waals surface area contributed by atoms with E-state index in [-0.39, 0.29) is 0 Å². The van der Waals surface area contributed by atoms with Crippen LogP contribution in [0.5, 0.6) is 0 Å². The quantitative estimate of drug-likeness (QED) is 0.748. The Labute approximate surface area is 119 Å². The lowest BCUT2D eigenvalue weighted by Crippen LogP contribution is -2.03. The first-order valence-corrected chi connectivity index (χ1v) is 6.89. The fourth-order valence-electron chi connectivity index (χ4n) is 2.43. The zero-order valence-corrected chi connectivity index (χ0v) is 12.1. The maximum absolute atomic E-state index is 4.53. The summed E-state index contributed by atoms with van der Waals surface area (Å²) in [6.07, 6.45) is 0. The number of nitrogens with one attached hydrogen (secondary N) is 2. The fraction of sp³-hybridized carbons (Fsp3) is 0.235. The summed E-state index contributed by atoms with van der Waals surface area (Å²) in [7, 11) is 0. The van der Waals surface area contributed by atoms with Gasteiger partial charge in [-0.15, -0.1) is 0 Å². The Morgan fingerprint density at radius 3 is 2.55 bits per heavy atom. The molecule has 0 unspecified atom stereocenters. The van der Waals surface area contributed by atoms with E-state index >= 15 is 0 Å². The number of imidazole rings is 1. The first-order valence-electron chi connectivity index (χ1n) is 6.89. The van der Waals surface area contributed by atoms with E-state index in [0.29, 0.717) is 0 Å². The molecule has 0 aliphatic carbocycles. The standard InChI is InChI=1S/C17H19N3/c1-11-8-13(3)14(9-12(11)2)10-18-17-19-15-6-4-5-7-16(15)20-17/h4-9H,10H2,1-3H3,(H2,18,19,20). The van der Waals surface area contributed by atoms with E-state index in [1.54, 1.807) is 0 Å². The average molecular weight is 265 g/mol. The monoisotopic (exact) mass is 265 g/mol. The predicted molar refractivity (Wildman–Crippen MR) is 84.1 cm³/mol. The summed E-state index contributed by atoms with van der Waals surface area (Å²) in [6.45, 7) is 7.24. The lowest BCUT2D eigenvalue weighted by molar-refractivity contribution is 1.07. The Hall–Kier alpha value is -2.29. The van der Waals surface area contributed by atoms with Gasteiger partial charge in [0.1, 0.15) is 0 Å². The second-order valence-corrected chi connectivity index (χ2v) is 5.32. The van der Waals surface area contributed by atoms with Crippen LogP contribution in [0.2, 0.25) is 0 Å². The molecule has 0 aliphatic rings. The van der Waals surface area contributed by atoms with Gasteiger partial charge in [0.25, 0.3) is 0 Å². The van der Waals surface area contributed by atoms with Gasteiger partial charge >= 0.3 is 0 Å². The fourth-order valence-corrected chi connectivity index (χ4v) is 2.43. The summed E-state index contributed by atoms with van der Waals surface area (Å²) in [5.74, 6) is 0.823. The Morgan fingerprint density at radius 1 is 1.00 bits per heavy atom. The summed E-state index contributed by atoms with van der Waals surface area (Å²) < 4.78 is 0. The number of aromatic amines is 1. The molecule has 3 heteroatoms. The summed E-state index contributed by atoms with van der Waals surface area (Å²) in [5.41, 5.74) is 7.36. The number of aryl methyl sites for hydroxylation is 3. The number of nitrogens with zero attached hydrogens (tertiary/aromatic N) is 1. The zero-order valence-electron chi connectivity index (χ0n) is 12.1. The predicted octanol–water partition coefficient (Wildman–Crippen LogP) is 4.10. The van der Waals surface area contributed by atoms with Crippen LogP contribution in [-0.2, 0) is 6.54 Å². The Bertz CT molecular complexity index is 723. The molecule has 0 saturated carbocycles. The highest BCUT2D eigenvalue weighted by Gasteiger charge is 2.04. The smallest absolute Gasteiger partial charge is 0.201 e. The van der Waals surface area contributed by atoms with Crippen LogP contribution < -0.4 is 5.32 Å². The van der Waals surface area contributed by atoms with Crippen LogP contribution in [0.15, 0.2) is 36.4 Å². The number of H-pyrrole nitrogens is 1. The van der Waals surface area contributed by atoms with Crippen molar-refractivity contribution in [2.75, 3.05) is 5.32 Å². The van der Waals surface area contributed by atoms with Crippen molar-refractivity contribution in [3.8, 4) is 0 Å². The van der Waals surface area contributed by atoms with Crippen molar-refractivity contribution in [1.29, 1.82) is 0 Å². The molecular formula is C17H19N3. The molecule has 3 rings (SSSR count). The zero-order chi connectivity index (χ0) is 14.1. The largest absolute Gasteiger partial charge is 0.352 e. The van der Waals surface area contributed by atoms with Crippen LogP contribution in [0.1, 0.15) is 22.3 Å². The molecule has 0 saturated heterocycles. The lowest BCUT2D eigenvalue weighted by Gasteiger charge is -2.10. The third-order valence-corrected chi connectivity index (χ3v) is 3.79. The second kappa shape index (κ2) is 5.00. The van der Waals surface area contributed by atoms with Gasteiger partial charge in [0.15, 0.2) is 0 Å². The molecule has 0 bridgehead atoms. The van der Waals surface area contributed by atoms with Crippen molar-refractivity contribution < 1.29 is 0 Å². The van der Waals surface area contributed by atoms with E-state index < -0.39 is 0 Å². The van der Waals surface area contributed by atoms with Gasteiger partial charge in [-0.2, -0.15) is 0 Å². The molecule has 2 aromatic carbocycles. The van der Waals surface area contributed by atoms with E-state index in [0.717, 1.165) is 23.5 Å². The van der Waals surface area contributed by atoms with Crippen molar-refractivity contribution in [3.63, 3.8) is 0 Å². The molecule has 3 aromatic rings. The number of hydrogen-bond donors (Lipinski definition) is 2. The number of fused-ring (bicyclic) bond motifs is 1. The summed E-state index contributed by atoms with van der Waals surface area (Å²) in [6, 6.07) is 12.6. The molecule has 0 aliphatic heterocycles. The van der Waals surface area contributed by atoms with E-state index in [9.17, 15) is 0 Å². The molecule has 2 N–H and O–H groups in total. The SMILES string of the molecule is Cc1cc(C)c(CNc2nc3ccccc3[nH]2)cc1C. The van der Waals surface area contributed by atoms with Gasteiger partial charge in [0, 0.05) is 6.54 Å². The van der Waals surface area contributed by atoms with Crippen LogP contribution in [0.3, 0.4) is 0 Å². The first kappa shape index (κ1) is 12.7. The van der Waals surface area contributed by atoms with Crippen LogP contribution >= 0.6 is 0 Å². The molecule has 0 spiro atoms. The minimum Gasteiger partial charge on any atom is -0.352 e. The van der Waals surface area contributed by atoms with Gasteiger partial charge < -0.3 is 10.3 Å². The normalized spacial score (nSPS) is 10.9. The highest BCUT2D eigenvalue weighted by molar-refractivity contribution is 5.77. The Kier molecular flexibility index (Phi) is 3.18. The molecule has 0 radical (unpaired) electrons. The van der Waals surface area contributed by atoms with Gasteiger partial charge in [-0.05, 0) is 55.2 Å². The first-order chi connectivity index (χ1) is 9.63. The van der Waals surface area contributed by atoms with Crippen molar-refractivity contribution in [3.05, 3.63) is 58.7 Å². The van der Waals surface area contributed by atoms with E-state index in [4.69, 9.17) is 0 Å². The molecular weight excluding hydrogens is 246 g/mol. The maximum Gasteiger partial charge on any atom is 0.201 e. The third-order valence-electron chi connectivity index (χ3n) is 3.79. The minimum absolute atomic E-state index is 0.784. The number of rotatable bonds is 3. The molecule has 0 amide bonds. The Morgan fingerprint density at radius 2 is 1.75 bits per heavy atom. The van der Waals surface area contributed by atoms with Crippen molar-refractivity contribution in [2.45, 2.75) is 27.3 Å². The van der Waals surface area contributed by atoms with Crippen LogP contribution in [-0.4, -0.2) is 9.97 Å². The van der Waals surface area contributed by atoms with Crippen LogP contribution in [0, 0.1) is 20.8 Å². The van der Waals surface area contributed by atoms with Crippen LogP contribution in [0.25, 0.3) is 11.0 Å². The molecule has 0 atom stereocenters. The molecule has 1 heterocycles.